The van der Waals surface area contributed by atoms with Gasteiger partial charge in [-0.25, -0.2) is 23.7 Å². The number of ether oxygens (including phenoxy) is 3. The molecule has 20 nitrogen and oxygen atoms in total. The van der Waals surface area contributed by atoms with Crippen molar-refractivity contribution in [3.05, 3.63) is 12.7 Å². The number of amides is 1. The fourth-order valence-corrected chi connectivity index (χ4v) is 8.91. The van der Waals surface area contributed by atoms with Gasteiger partial charge in [-0.3, -0.25) is 39.0 Å². The number of nitrogens with one attached hydrogen (secondary N) is 2. The van der Waals surface area contributed by atoms with E-state index in [2.05, 4.69) is 30.3 Å². The van der Waals surface area contributed by atoms with Crippen LogP contribution in [0.3, 0.4) is 0 Å². The first-order chi connectivity index (χ1) is 22.2. The van der Waals surface area contributed by atoms with Gasteiger partial charge in [0.2, 0.25) is 5.96 Å². The van der Waals surface area contributed by atoms with Gasteiger partial charge in [0.25, 0.3) is 5.91 Å². The zero-order chi connectivity index (χ0) is 33.1. The first kappa shape index (κ1) is 31.7. The van der Waals surface area contributed by atoms with Gasteiger partial charge in [0.15, 0.2) is 48.0 Å². The number of imidazole rings is 1. The van der Waals surface area contributed by atoms with Crippen LogP contribution in [0.25, 0.3) is 11.2 Å². The Morgan fingerprint density at radius 1 is 1.11 bits per heavy atom. The number of nitrogen functional groups attached to an aromatic ring is 1. The molecule has 0 aromatic carbocycles. The Morgan fingerprint density at radius 3 is 2.68 bits per heavy atom. The van der Waals surface area contributed by atoms with E-state index in [9.17, 15) is 14.6 Å². The monoisotopic (exact) mass is 738 g/mol. The number of nitrogens with zero attached hydrogens (tertiary/aromatic N) is 7. The van der Waals surface area contributed by atoms with Crippen molar-refractivity contribution < 1.29 is 55.7 Å². The quantitative estimate of drug-likeness (QED) is 0.228. The Balaban J connectivity index is 1.13. The van der Waals surface area contributed by atoms with E-state index in [4.69, 9.17) is 67.1 Å². The molecule has 0 radical (unpaired) electrons. The van der Waals surface area contributed by atoms with Crippen LogP contribution in [-0.2, 0) is 60.7 Å². The molecule has 4 saturated heterocycles. The van der Waals surface area contributed by atoms with Gasteiger partial charge < -0.3 is 38.8 Å². The topological polar surface area (TPSA) is 256 Å². The minimum atomic E-state index is -4.59. The summed E-state index contributed by atoms with van der Waals surface area (Å²) in [5.41, 5.74) is 4.86. The van der Waals surface area contributed by atoms with Crippen LogP contribution in [0, 0.1) is 5.41 Å². The first-order valence-electron chi connectivity index (χ1n) is 13.5. The fourth-order valence-electron chi connectivity index (χ4n) is 6.05. The average Bonchev–Trinajstić information content (AvgIpc) is 3.79. The predicted molar refractivity (Wildman–Crippen MR) is 158 cm³/mol. The highest BCUT2D eigenvalue weighted by Gasteiger charge is 2.67. The number of fused-ring (bicyclic) bond motifs is 4. The third-order valence-electron chi connectivity index (χ3n) is 8.20. The van der Waals surface area contributed by atoms with Crippen molar-refractivity contribution in [3.8, 4) is 0 Å². The molecule has 8 heterocycles. The number of carbonyl (C=O) groups is 1. The maximum atomic E-state index is 16.0. The molecule has 6 N–H and O–H groups in total. The molecule has 0 spiro atoms. The van der Waals surface area contributed by atoms with Crippen LogP contribution in [0.15, 0.2) is 22.6 Å². The molecule has 8 rings (SSSR count). The Morgan fingerprint density at radius 2 is 1.87 bits per heavy atom. The second-order valence-corrected chi connectivity index (χ2v) is 16.6. The number of carbonyl (C=O) groups excluding carboxylic acids is 1. The van der Waals surface area contributed by atoms with Crippen molar-refractivity contribution in [1.82, 2.24) is 29.7 Å². The minimum absolute atomic E-state index is 0.107. The van der Waals surface area contributed by atoms with Gasteiger partial charge >= 0.3 is 19.4 Å². The smallest absolute Gasteiger partial charge is 0.325 e. The lowest BCUT2D eigenvalue weighted by Crippen LogP contribution is -2.54. The zero-order valence-corrected chi connectivity index (χ0v) is 26.7. The fraction of sp³-hybridized carbons (Fsp3) is 0.571. The zero-order valence-electron chi connectivity index (χ0n) is 23.2. The van der Waals surface area contributed by atoms with Gasteiger partial charge in [0.1, 0.15) is 29.7 Å². The van der Waals surface area contributed by atoms with Crippen molar-refractivity contribution in [3.63, 3.8) is 0 Å². The Bertz CT molecular complexity index is 1870. The van der Waals surface area contributed by atoms with Crippen molar-refractivity contribution in [1.29, 1.82) is 5.41 Å². The number of rotatable bonds is 2. The number of hydrogen-bond donors (Lipinski definition) is 5. The van der Waals surface area contributed by atoms with Crippen LogP contribution >= 0.6 is 13.4 Å². The highest BCUT2D eigenvalue weighted by molar-refractivity contribution is 8.07. The average molecular weight is 739 g/mol. The van der Waals surface area contributed by atoms with Crippen molar-refractivity contribution in [2.24, 2.45) is 9.98 Å². The summed E-state index contributed by atoms with van der Waals surface area (Å²) in [4.78, 5) is 55.8. The SMILES string of the molecule is N=C1N=C2C(N=CN2[C@@H]2O[C@@H]3COP(O)(=S)O[C@H]4[C@H]5OCC4(COP(O)(=S)O[C@@H]2C3(F)F)O[C@H]5n2cnc3c(N)ncnc32)C(=O)N1. The van der Waals surface area contributed by atoms with E-state index in [1.165, 1.54) is 17.2 Å². The maximum Gasteiger partial charge on any atom is 0.325 e. The molecule has 26 heteroatoms. The third kappa shape index (κ3) is 5.06. The van der Waals surface area contributed by atoms with E-state index in [0.717, 1.165) is 11.2 Å². The van der Waals surface area contributed by atoms with Crippen molar-refractivity contribution in [2.45, 2.75) is 54.4 Å². The molecule has 47 heavy (non-hydrogen) atoms. The largest absolute Gasteiger partial charge is 0.382 e. The molecule has 2 aromatic rings. The second kappa shape index (κ2) is 10.7. The number of aliphatic imine (C=N–C) groups is 2. The molecule has 252 valence electrons. The Kier molecular flexibility index (Phi) is 7.22. The summed E-state index contributed by atoms with van der Waals surface area (Å²) < 4.78 is 73.7. The predicted octanol–water partition coefficient (Wildman–Crippen LogP) is -1.14. The lowest BCUT2D eigenvalue weighted by Gasteiger charge is -2.34. The summed E-state index contributed by atoms with van der Waals surface area (Å²) >= 11 is 10.4. The van der Waals surface area contributed by atoms with Gasteiger partial charge in [0, 0.05) is 0 Å². The number of amidine groups is 1. The summed E-state index contributed by atoms with van der Waals surface area (Å²) in [5, 5.41) is 9.94. The summed E-state index contributed by atoms with van der Waals surface area (Å²) in [6, 6.07) is -1.26. The van der Waals surface area contributed by atoms with E-state index in [0.29, 0.717) is 0 Å². The summed E-state index contributed by atoms with van der Waals surface area (Å²) in [7, 11) is 0. The third-order valence-corrected chi connectivity index (χ3v) is 11.3. The van der Waals surface area contributed by atoms with Crippen LogP contribution in [0.1, 0.15) is 6.23 Å². The van der Waals surface area contributed by atoms with Gasteiger partial charge in [-0.1, -0.05) is 0 Å². The van der Waals surface area contributed by atoms with Crippen LogP contribution < -0.4 is 11.1 Å². The normalized spacial score (nSPS) is 42.8. The number of aromatic nitrogens is 4. The van der Waals surface area contributed by atoms with E-state index >= 15 is 8.78 Å². The molecule has 6 aliphatic rings. The molecule has 0 aliphatic carbocycles. The first-order valence-corrected chi connectivity index (χ1v) is 18.7. The van der Waals surface area contributed by atoms with E-state index in [1.807, 2.05) is 0 Å². The number of alkyl halides is 2. The number of anilines is 1. The molecule has 10 atom stereocenters. The molecule has 4 unspecified atom stereocenters. The molecule has 1 amide bonds. The van der Waals surface area contributed by atoms with Crippen LogP contribution in [0.5, 0.6) is 0 Å². The van der Waals surface area contributed by atoms with Crippen LogP contribution in [-0.4, -0.2) is 126 Å². The molecular weight excluding hydrogens is 716 g/mol. The molecule has 0 saturated carbocycles. The van der Waals surface area contributed by atoms with Gasteiger partial charge in [-0.15, -0.1) is 0 Å². The Hall–Kier alpha value is -2.57. The summed E-state index contributed by atoms with van der Waals surface area (Å²) in [6.45, 7) is -10.8. The number of hydrogen-bond acceptors (Lipinski definition) is 17. The van der Waals surface area contributed by atoms with Gasteiger partial charge in [-0.2, -0.15) is 4.99 Å². The molecule has 2 aromatic heterocycles. The van der Waals surface area contributed by atoms with E-state index in [1.54, 1.807) is 0 Å². The molecule has 6 aliphatic heterocycles. The standard InChI is InChI=1S/C21H22F2N10O10P2S2/c22-21(23)7-1-38-44(35,46)42-11-10-17(32-5-28-8-13(24)26-4-27-14(8)32)41-20(11,2-37-10)3-39-45(36,47)43-12(21)18(40-7)33-6-29-9-15(33)30-19(25)31-16(9)34/h4-7,9-12,17-18H,1-3H2,(H,35,46)(H,36,47)(H2,24,26,27)(H2,25,31,34)/t7-,9?,10-,11+,12+,17-,18-,20?,44?,45?/m1/s1. The highest BCUT2D eigenvalue weighted by Crippen LogP contribution is 2.59. The highest BCUT2D eigenvalue weighted by atomic mass is 32.5. The lowest BCUT2D eigenvalue weighted by atomic mass is 10.0. The van der Waals surface area contributed by atoms with Crippen LogP contribution in [0.2, 0.25) is 0 Å². The van der Waals surface area contributed by atoms with E-state index < -0.39 is 93.0 Å². The molecule has 4 bridgehead atoms. The molecular formula is C21H22F2N10O10P2S2. The number of halogens is 2. The van der Waals surface area contributed by atoms with Gasteiger partial charge in [0.05, 0.1) is 32.5 Å². The minimum Gasteiger partial charge on any atom is -0.382 e. The summed E-state index contributed by atoms with van der Waals surface area (Å²) in [5.74, 6) is -5.35. The lowest BCUT2D eigenvalue weighted by molar-refractivity contribution is -0.183. The van der Waals surface area contributed by atoms with E-state index in [-0.39, 0.29) is 29.4 Å². The Labute approximate surface area is 271 Å². The van der Waals surface area contributed by atoms with Crippen molar-refractivity contribution >= 4 is 78.1 Å². The number of guanidine groups is 1. The second-order valence-electron chi connectivity index (χ2n) is 11.1. The van der Waals surface area contributed by atoms with Gasteiger partial charge in [-0.05, 0) is 23.6 Å². The maximum absolute atomic E-state index is 16.0. The summed E-state index contributed by atoms with van der Waals surface area (Å²) in [6.07, 6.45) is -5.97. The molecule has 4 fully saturated rings. The van der Waals surface area contributed by atoms with Crippen molar-refractivity contribution in [2.75, 3.05) is 25.6 Å². The number of nitrogens with two attached hydrogens (primary N) is 1. The van der Waals surface area contributed by atoms with Crippen LogP contribution in [0.4, 0.5) is 14.6 Å².